The van der Waals surface area contributed by atoms with Gasteiger partial charge in [-0.2, -0.15) is 5.10 Å². The molecule has 3 heterocycles. The third-order valence-corrected chi connectivity index (χ3v) is 5.97. The SMILES string of the molecule is CC(C)(C)OC(=O)N1C[C@@H](Cn2cc(B3OC(C)(C)C(C)(C)O3)cn2)OCC1(C)C. The van der Waals surface area contributed by atoms with Gasteiger partial charge in [0.2, 0.25) is 0 Å². The summed E-state index contributed by atoms with van der Waals surface area (Å²) in [6.07, 6.45) is 3.18. The molecule has 2 aliphatic heterocycles. The molecule has 0 N–H and O–H groups in total. The lowest BCUT2D eigenvalue weighted by atomic mass is 9.82. The van der Waals surface area contributed by atoms with Crippen LogP contribution >= 0.6 is 0 Å². The van der Waals surface area contributed by atoms with Gasteiger partial charge in [-0.25, -0.2) is 4.79 Å². The Balaban J connectivity index is 1.65. The molecule has 2 fully saturated rings. The van der Waals surface area contributed by atoms with E-state index >= 15 is 0 Å². The predicted octanol–water partition coefficient (Wildman–Crippen LogP) is 2.60. The van der Waals surface area contributed by atoms with Gasteiger partial charge in [-0.15, -0.1) is 0 Å². The summed E-state index contributed by atoms with van der Waals surface area (Å²) in [6, 6.07) is 0. The van der Waals surface area contributed by atoms with Gasteiger partial charge in [0.1, 0.15) is 5.60 Å². The molecule has 0 spiro atoms. The van der Waals surface area contributed by atoms with Crippen LogP contribution in [0, 0.1) is 0 Å². The number of aromatic nitrogens is 2. The molecule has 30 heavy (non-hydrogen) atoms. The van der Waals surface area contributed by atoms with E-state index in [1.165, 1.54) is 0 Å². The first-order valence-corrected chi connectivity index (χ1v) is 10.6. The predicted molar refractivity (Wildman–Crippen MR) is 115 cm³/mol. The highest BCUT2D eigenvalue weighted by molar-refractivity contribution is 6.61. The fourth-order valence-corrected chi connectivity index (χ4v) is 3.44. The normalized spacial score (nSPS) is 25.4. The molecule has 2 saturated heterocycles. The van der Waals surface area contributed by atoms with Crippen LogP contribution in [0.15, 0.2) is 12.4 Å². The Morgan fingerprint density at radius 1 is 1.20 bits per heavy atom. The first-order valence-electron chi connectivity index (χ1n) is 10.6. The van der Waals surface area contributed by atoms with Gasteiger partial charge < -0.3 is 18.8 Å². The third kappa shape index (κ3) is 4.84. The standard InChI is InChI=1S/C21H36BN3O5/c1-18(2,3)28-17(26)25-13-16(27-14-19(25,4)5)12-24-11-15(10-23-24)22-29-20(6,7)21(8,9)30-22/h10-11,16H,12-14H2,1-9H3/t16-/m1/s1. The number of nitrogens with zero attached hydrogens (tertiary/aromatic N) is 3. The Morgan fingerprint density at radius 3 is 2.37 bits per heavy atom. The highest BCUT2D eigenvalue weighted by Gasteiger charge is 2.52. The largest absolute Gasteiger partial charge is 0.498 e. The number of carbonyl (C=O) groups excluding carboxylic acids is 1. The maximum absolute atomic E-state index is 12.7. The van der Waals surface area contributed by atoms with Gasteiger partial charge in [0.15, 0.2) is 0 Å². The average Bonchev–Trinajstić information content (AvgIpc) is 3.09. The van der Waals surface area contributed by atoms with Gasteiger partial charge in [-0.3, -0.25) is 9.58 Å². The molecule has 8 nitrogen and oxygen atoms in total. The van der Waals surface area contributed by atoms with Crippen molar-refractivity contribution in [2.45, 2.75) is 97.3 Å². The summed E-state index contributed by atoms with van der Waals surface area (Å²) in [4.78, 5) is 14.5. The summed E-state index contributed by atoms with van der Waals surface area (Å²) < 4.78 is 25.6. The van der Waals surface area contributed by atoms with Crippen molar-refractivity contribution in [3.8, 4) is 0 Å². The number of morpholine rings is 1. The smallest absolute Gasteiger partial charge is 0.444 e. The van der Waals surface area contributed by atoms with Crippen molar-refractivity contribution in [3.63, 3.8) is 0 Å². The molecule has 0 saturated carbocycles. The van der Waals surface area contributed by atoms with Gasteiger partial charge >= 0.3 is 13.2 Å². The van der Waals surface area contributed by atoms with Crippen molar-refractivity contribution >= 4 is 18.7 Å². The van der Waals surface area contributed by atoms with E-state index in [4.69, 9.17) is 18.8 Å². The minimum absolute atomic E-state index is 0.184. The molecule has 1 amide bonds. The molecule has 2 aliphatic rings. The van der Waals surface area contributed by atoms with Crippen molar-refractivity contribution in [1.29, 1.82) is 0 Å². The zero-order chi connectivity index (χ0) is 22.5. The summed E-state index contributed by atoms with van der Waals surface area (Å²) in [5.41, 5.74) is -0.900. The van der Waals surface area contributed by atoms with Crippen LogP contribution in [0.1, 0.15) is 62.3 Å². The first-order chi connectivity index (χ1) is 13.6. The minimum atomic E-state index is -0.541. The Hall–Kier alpha value is -1.58. The lowest BCUT2D eigenvalue weighted by molar-refractivity contribution is -0.103. The molecule has 0 bridgehead atoms. The molecule has 1 atom stereocenters. The van der Waals surface area contributed by atoms with E-state index in [-0.39, 0.29) is 12.2 Å². The quantitative estimate of drug-likeness (QED) is 0.699. The molecule has 168 valence electrons. The van der Waals surface area contributed by atoms with E-state index in [0.717, 1.165) is 5.46 Å². The fraction of sp³-hybridized carbons (Fsp3) is 0.810. The van der Waals surface area contributed by atoms with Gasteiger partial charge in [0.25, 0.3) is 0 Å². The number of carbonyl (C=O) groups is 1. The topological polar surface area (TPSA) is 75.1 Å². The number of rotatable bonds is 3. The molecular weight excluding hydrogens is 385 g/mol. The Morgan fingerprint density at radius 2 is 1.80 bits per heavy atom. The summed E-state index contributed by atoms with van der Waals surface area (Å²) in [6.45, 7) is 19.1. The molecule has 0 unspecified atom stereocenters. The summed E-state index contributed by atoms with van der Waals surface area (Å²) in [7, 11) is -0.451. The van der Waals surface area contributed by atoms with Crippen molar-refractivity contribution in [2.24, 2.45) is 0 Å². The molecular formula is C21H36BN3O5. The molecule has 0 aromatic carbocycles. The zero-order valence-electron chi connectivity index (χ0n) is 19.8. The van der Waals surface area contributed by atoms with E-state index in [2.05, 4.69) is 5.10 Å². The summed E-state index contributed by atoms with van der Waals surface area (Å²) in [5, 5.41) is 4.46. The number of hydrogen-bond acceptors (Lipinski definition) is 6. The van der Waals surface area contributed by atoms with Crippen LogP contribution in [-0.2, 0) is 25.3 Å². The van der Waals surface area contributed by atoms with Crippen LogP contribution in [-0.4, -0.2) is 69.5 Å². The second-order valence-corrected chi connectivity index (χ2v) is 10.9. The van der Waals surface area contributed by atoms with Crippen molar-refractivity contribution in [2.75, 3.05) is 13.2 Å². The van der Waals surface area contributed by atoms with Crippen LogP contribution < -0.4 is 5.46 Å². The second-order valence-electron chi connectivity index (χ2n) is 10.9. The molecule has 1 aromatic rings. The van der Waals surface area contributed by atoms with Gasteiger partial charge in [0, 0.05) is 17.9 Å². The molecule has 3 rings (SSSR count). The lowest BCUT2D eigenvalue weighted by Crippen LogP contribution is -2.59. The van der Waals surface area contributed by atoms with E-state index in [1.54, 1.807) is 11.1 Å². The van der Waals surface area contributed by atoms with Crippen LogP contribution in [0.2, 0.25) is 0 Å². The molecule has 0 radical (unpaired) electrons. The zero-order valence-corrected chi connectivity index (χ0v) is 19.8. The van der Waals surface area contributed by atoms with E-state index in [1.807, 2.05) is 73.2 Å². The van der Waals surface area contributed by atoms with Crippen molar-refractivity contribution in [3.05, 3.63) is 12.4 Å². The van der Waals surface area contributed by atoms with Crippen molar-refractivity contribution < 1.29 is 23.6 Å². The number of amides is 1. The monoisotopic (exact) mass is 421 g/mol. The van der Waals surface area contributed by atoms with E-state index in [0.29, 0.717) is 19.7 Å². The highest BCUT2D eigenvalue weighted by atomic mass is 16.7. The Bertz CT molecular complexity index is 768. The van der Waals surface area contributed by atoms with Crippen LogP contribution in [0.5, 0.6) is 0 Å². The summed E-state index contributed by atoms with van der Waals surface area (Å²) in [5.74, 6) is 0. The molecule has 0 aliphatic carbocycles. The van der Waals surface area contributed by atoms with E-state index in [9.17, 15) is 4.79 Å². The Labute approximate surface area is 180 Å². The maximum atomic E-state index is 12.7. The van der Waals surface area contributed by atoms with Crippen LogP contribution in [0.4, 0.5) is 4.79 Å². The van der Waals surface area contributed by atoms with Gasteiger partial charge in [0.05, 0.1) is 42.5 Å². The second kappa shape index (κ2) is 7.53. The number of hydrogen-bond donors (Lipinski definition) is 0. The number of ether oxygens (including phenoxy) is 2. The average molecular weight is 421 g/mol. The Kier molecular flexibility index (Phi) is 5.80. The van der Waals surface area contributed by atoms with E-state index < -0.39 is 29.5 Å². The molecule has 1 aromatic heterocycles. The minimum Gasteiger partial charge on any atom is -0.444 e. The first kappa shape index (κ1) is 23.1. The van der Waals surface area contributed by atoms with Crippen LogP contribution in [0.25, 0.3) is 0 Å². The van der Waals surface area contributed by atoms with Crippen LogP contribution in [0.3, 0.4) is 0 Å². The maximum Gasteiger partial charge on any atom is 0.498 e. The molecule has 9 heteroatoms. The van der Waals surface area contributed by atoms with Gasteiger partial charge in [-0.05, 0) is 62.3 Å². The lowest BCUT2D eigenvalue weighted by Gasteiger charge is -2.45. The van der Waals surface area contributed by atoms with Crippen molar-refractivity contribution in [1.82, 2.24) is 14.7 Å². The summed E-state index contributed by atoms with van der Waals surface area (Å²) >= 11 is 0. The third-order valence-electron chi connectivity index (χ3n) is 5.97. The van der Waals surface area contributed by atoms with Gasteiger partial charge in [-0.1, -0.05) is 0 Å². The fourth-order valence-electron chi connectivity index (χ4n) is 3.44. The highest BCUT2D eigenvalue weighted by Crippen LogP contribution is 2.36.